The summed E-state index contributed by atoms with van der Waals surface area (Å²) in [6, 6.07) is 18.0. The largest absolute Gasteiger partial charge is 0.318 e. The zero-order chi connectivity index (χ0) is 21.2. The molecule has 0 bridgehead atoms. The maximum absolute atomic E-state index is 12.6. The molecule has 0 fully saturated rings. The summed E-state index contributed by atoms with van der Waals surface area (Å²) < 4.78 is 26.9. The standard InChI is InChI=1S/C22H25N3O3S/c1-15(2)18-10-12-20(13-11-18)29(27,28)24-23-22(26)21-14-16(3)25(17(21)4)19-8-6-5-7-9-19/h5-15,24H,1-4H3,(H,23,26). The Bertz CT molecular complexity index is 1120. The topological polar surface area (TPSA) is 80.2 Å². The number of para-hydroxylation sites is 1. The van der Waals surface area contributed by atoms with Crippen LogP contribution in [0.15, 0.2) is 65.6 Å². The third-order valence-corrected chi connectivity index (χ3v) is 6.11. The molecule has 3 rings (SSSR count). The van der Waals surface area contributed by atoms with E-state index in [4.69, 9.17) is 0 Å². The van der Waals surface area contributed by atoms with Gasteiger partial charge in [0.2, 0.25) is 0 Å². The van der Waals surface area contributed by atoms with Crippen LogP contribution in [0.5, 0.6) is 0 Å². The number of hydrogen-bond acceptors (Lipinski definition) is 3. The number of aromatic nitrogens is 1. The van der Waals surface area contributed by atoms with Gasteiger partial charge in [0.05, 0.1) is 10.5 Å². The summed E-state index contributed by atoms with van der Waals surface area (Å²) in [5.41, 5.74) is 6.31. The molecule has 0 aliphatic heterocycles. The van der Waals surface area contributed by atoms with Gasteiger partial charge in [-0.3, -0.25) is 10.2 Å². The van der Waals surface area contributed by atoms with E-state index >= 15 is 0 Å². The highest BCUT2D eigenvalue weighted by molar-refractivity contribution is 7.89. The first kappa shape index (κ1) is 20.8. The van der Waals surface area contributed by atoms with Crippen LogP contribution in [0.25, 0.3) is 5.69 Å². The Labute approximate surface area is 171 Å². The number of rotatable bonds is 6. The van der Waals surface area contributed by atoms with Crippen LogP contribution >= 0.6 is 0 Å². The third kappa shape index (κ3) is 4.41. The molecule has 2 aromatic carbocycles. The first-order valence-electron chi connectivity index (χ1n) is 9.37. The molecule has 0 atom stereocenters. The van der Waals surface area contributed by atoms with E-state index in [1.165, 1.54) is 12.1 Å². The van der Waals surface area contributed by atoms with Crippen molar-refractivity contribution < 1.29 is 13.2 Å². The molecule has 0 saturated carbocycles. The predicted molar refractivity (Wildman–Crippen MR) is 114 cm³/mol. The lowest BCUT2D eigenvalue weighted by molar-refractivity contribution is 0.0944. The lowest BCUT2D eigenvalue weighted by Gasteiger charge is -2.11. The van der Waals surface area contributed by atoms with Gasteiger partial charge < -0.3 is 4.57 Å². The molecule has 0 saturated heterocycles. The summed E-state index contributed by atoms with van der Waals surface area (Å²) in [5.74, 6) is -0.207. The number of carbonyl (C=O) groups is 1. The van der Waals surface area contributed by atoms with E-state index in [0.717, 1.165) is 22.6 Å². The van der Waals surface area contributed by atoms with Crippen molar-refractivity contribution in [3.63, 3.8) is 0 Å². The number of nitrogens with zero attached hydrogens (tertiary/aromatic N) is 1. The van der Waals surface area contributed by atoms with Crippen molar-refractivity contribution in [3.05, 3.63) is 83.2 Å². The number of benzene rings is 2. The lowest BCUT2D eigenvalue weighted by atomic mass is 10.0. The molecule has 1 aromatic heterocycles. The molecule has 29 heavy (non-hydrogen) atoms. The molecule has 7 heteroatoms. The van der Waals surface area contributed by atoms with Gasteiger partial charge >= 0.3 is 0 Å². The highest BCUT2D eigenvalue weighted by atomic mass is 32.2. The Balaban J connectivity index is 1.77. The number of nitrogens with one attached hydrogen (secondary N) is 2. The van der Waals surface area contributed by atoms with Gasteiger partial charge in [-0.05, 0) is 55.7 Å². The highest BCUT2D eigenvalue weighted by Crippen LogP contribution is 2.21. The van der Waals surface area contributed by atoms with Gasteiger partial charge in [-0.25, -0.2) is 8.42 Å². The maximum Gasteiger partial charge on any atom is 0.268 e. The fourth-order valence-corrected chi connectivity index (χ4v) is 4.08. The Morgan fingerprint density at radius 3 is 2.17 bits per heavy atom. The van der Waals surface area contributed by atoms with Crippen molar-refractivity contribution in [2.75, 3.05) is 0 Å². The Morgan fingerprint density at radius 1 is 0.966 bits per heavy atom. The second-order valence-corrected chi connectivity index (χ2v) is 8.92. The van der Waals surface area contributed by atoms with Gasteiger partial charge in [0, 0.05) is 17.1 Å². The maximum atomic E-state index is 12.6. The van der Waals surface area contributed by atoms with Crippen LogP contribution in [0.3, 0.4) is 0 Å². The van der Waals surface area contributed by atoms with E-state index in [2.05, 4.69) is 10.3 Å². The molecule has 0 unspecified atom stereocenters. The minimum absolute atomic E-state index is 0.0944. The molecular weight excluding hydrogens is 386 g/mol. The van der Waals surface area contributed by atoms with Gasteiger partial charge in [0.15, 0.2) is 0 Å². The summed E-state index contributed by atoms with van der Waals surface area (Å²) in [5, 5.41) is 0. The number of hydrazine groups is 1. The molecule has 0 aliphatic carbocycles. The van der Waals surface area contributed by atoms with Crippen LogP contribution in [0.1, 0.15) is 47.1 Å². The Kier molecular flexibility index (Phi) is 5.91. The molecule has 0 aliphatic rings. The summed E-state index contributed by atoms with van der Waals surface area (Å²) in [7, 11) is -3.86. The van der Waals surface area contributed by atoms with E-state index in [-0.39, 0.29) is 4.90 Å². The van der Waals surface area contributed by atoms with Crippen LogP contribution in [0.2, 0.25) is 0 Å². The molecule has 6 nitrogen and oxygen atoms in total. The molecular formula is C22H25N3O3S. The summed E-state index contributed by atoms with van der Waals surface area (Å²) in [6.45, 7) is 7.80. The van der Waals surface area contributed by atoms with Crippen molar-refractivity contribution in [2.24, 2.45) is 0 Å². The monoisotopic (exact) mass is 411 g/mol. The average molecular weight is 412 g/mol. The zero-order valence-corrected chi connectivity index (χ0v) is 17.7. The second-order valence-electron chi connectivity index (χ2n) is 7.24. The lowest BCUT2D eigenvalue weighted by Crippen LogP contribution is -2.41. The normalized spacial score (nSPS) is 11.6. The molecule has 3 aromatic rings. The van der Waals surface area contributed by atoms with Gasteiger partial charge in [-0.15, -0.1) is 4.83 Å². The van der Waals surface area contributed by atoms with E-state index in [1.807, 2.05) is 62.6 Å². The van der Waals surface area contributed by atoms with Crippen molar-refractivity contribution in [2.45, 2.75) is 38.5 Å². The van der Waals surface area contributed by atoms with E-state index in [9.17, 15) is 13.2 Å². The van der Waals surface area contributed by atoms with Crippen LogP contribution < -0.4 is 10.3 Å². The van der Waals surface area contributed by atoms with Crippen LogP contribution in [0, 0.1) is 13.8 Å². The quantitative estimate of drug-likeness (QED) is 0.605. The predicted octanol–water partition coefficient (Wildman–Crippen LogP) is 3.84. The molecule has 152 valence electrons. The third-order valence-electron chi connectivity index (χ3n) is 4.85. The highest BCUT2D eigenvalue weighted by Gasteiger charge is 2.20. The molecule has 1 heterocycles. The van der Waals surface area contributed by atoms with Gasteiger partial charge in [0.1, 0.15) is 0 Å². The SMILES string of the molecule is Cc1cc(C(=O)NNS(=O)(=O)c2ccc(C(C)C)cc2)c(C)n1-c1ccccc1. The molecule has 0 radical (unpaired) electrons. The molecule has 2 N–H and O–H groups in total. The number of amides is 1. The smallest absolute Gasteiger partial charge is 0.268 e. The van der Waals surface area contributed by atoms with Gasteiger partial charge in [-0.2, -0.15) is 0 Å². The first-order valence-corrected chi connectivity index (χ1v) is 10.9. The zero-order valence-electron chi connectivity index (χ0n) is 16.9. The molecule has 1 amide bonds. The fourth-order valence-electron chi connectivity index (χ4n) is 3.24. The fraction of sp³-hybridized carbons (Fsp3) is 0.227. The minimum atomic E-state index is -3.86. The van der Waals surface area contributed by atoms with Crippen LogP contribution in [0.4, 0.5) is 0 Å². The first-order chi connectivity index (χ1) is 13.7. The van der Waals surface area contributed by atoms with E-state index < -0.39 is 15.9 Å². The van der Waals surface area contributed by atoms with Crippen LogP contribution in [-0.2, 0) is 10.0 Å². The van der Waals surface area contributed by atoms with Crippen molar-refractivity contribution in [1.29, 1.82) is 0 Å². The summed E-state index contributed by atoms with van der Waals surface area (Å²) in [4.78, 5) is 14.9. The summed E-state index contributed by atoms with van der Waals surface area (Å²) >= 11 is 0. The second kappa shape index (κ2) is 8.23. The molecule has 0 spiro atoms. The minimum Gasteiger partial charge on any atom is -0.318 e. The van der Waals surface area contributed by atoms with Crippen LogP contribution in [-0.4, -0.2) is 18.9 Å². The Morgan fingerprint density at radius 2 is 1.59 bits per heavy atom. The number of aryl methyl sites for hydroxylation is 1. The van der Waals surface area contributed by atoms with Crippen molar-refractivity contribution in [1.82, 2.24) is 14.8 Å². The summed E-state index contributed by atoms with van der Waals surface area (Å²) in [6.07, 6.45) is 0. The average Bonchev–Trinajstić information content (AvgIpc) is 3.01. The number of sulfonamides is 1. The van der Waals surface area contributed by atoms with E-state index in [1.54, 1.807) is 18.2 Å². The Hall–Kier alpha value is -2.90. The van der Waals surface area contributed by atoms with Crippen molar-refractivity contribution in [3.8, 4) is 5.69 Å². The van der Waals surface area contributed by atoms with Gasteiger partial charge in [-0.1, -0.05) is 44.2 Å². The van der Waals surface area contributed by atoms with Crippen molar-refractivity contribution >= 4 is 15.9 Å². The van der Waals surface area contributed by atoms with E-state index in [0.29, 0.717) is 11.5 Å². The van der Waals surface area contributed by atoms with Gasteiger partial charge in [0.25, 0.3) is 15.9 Å². The number of carbonyl (C=O) groups excluding carboxylic acids is 1. The number of hydrogen-bond donors (Lipinski definition) is 2.